The lowest BCUT2D eigenvalue weighted by atomic mass is 10.1. The van der Waals surface area contributed by atoms with Crippen LogP contribution in [0.5, 0.6) is 0 Å². The van der Waals surface area contributed by atoms with Crippen molar-refractivity contribution in [3.05, 3.63) is 59.7 Å². The summed E-state index contributed by atoms with van der Waals surface area (Å²) in [5.41, 5.74) is 5.04. The Kier molecular flexibility index (Phi) is 3.92. The highest BCUT2D eigenvalue weighted by Gasteiger charge is 2.25. The summed E-state index contributed by atoms with van der Waals surface area (Å²) in [6.45, 7) is 3.73. The highest BCUT2D eigenvalue weighted by molar-refractivity contribution is 6.24. The third-order valence-electron chi connectivity index (χ3n) is 3.58. The van der Waals surface area contributed by atoms with Crippen LogP contribution in [0.1, 0.15) is 25.0 Å². The molecule has 0 aliphatic heterocycles. The summed E-state index contributed by atoms with van der Waals surface area (Å²) in [4.78, 5) is 17.0. The summed E-state index contributed by atoms with van der Waals surface area (Å²) in [5, 5.41) is 4.22. The van der Waals surface area contributed by atoms with Crippen molar-refractivity contribution in [2.45, 2.75) is 20.0 Å². The number of oxime groups is 1. The molecule has 0 aromatic heterocycles. The van der Waals surface area contributed by atoms with Crippen LogP contribution in [0.25, 0.3) is 11.1 Å². The van der Waals surface area contributed by atoms with E-state index in [1.165, 1.54) is 0 Å². The summed E-state index contributed by atoms with van der Waals surface area (Å²) in [5.74, 6) is -0.411. The molecule has 2 aromatic carbocycles. The largest absolute Gasteiger partial charge is 0.463 e. The Labute approximate surface area is 129 Å². The third kappa shape index (κ3) is 2.48. The van der Waals surface area contributed by atoms with Crippen LogP contribution in [-0.4, -0.2) is 24.4 Å². The minimum Gasteiger partial charge on any atom is -0.463 e. The van der Waals surface area contributed by atoms with Crippen LogP contribution in [0.4, 0.5) is 0 Å². The van der Waals surface area contributed by atoms with E-state index < -0.39 is 12.1 Å². The zero-order valence-electron chi connectivity index (χ0n) is 12.6. The first-order valence-corrected chi connectivity index (χ1v) is 7.32. The van der Waals surface area contributed by atoms with Crippen LogP contribution in [0.15, 0.2) is 53.7 Å². The molecule has 4 heteroatoms. The van der Waals surface area contributed by atoms with Gasteiger partial charge in [0.15, 0.2) is 0 Å². The summed E-state index contributed by atoms with van der Waals surface area (Å²) in [6.07, 6.45) is -0.729. The molecule has 0 saturated heterocycles. The Morgan fingerprint density at radius 2 is 1.50 bits per heavy atom. The summed E-state index contributed by atoms with van der Waals surface area (Å²) < 4.78 is 4.92. The van der Waals surface area contributed by atoms with Crippen molar-refractivity contribution in [1.82, 2.24) is 0 Å². The van der Waals surface area contributed by atoms with Crippen LogP contribution in [-0.2, 0) is 14.4 Å². The van der Waals surface area contributed by atoms with Crippen LogP contribution in [0.3, 0.4) is 0 Å². The molecule has 112 valence electrons. The number of nitrogens with zero attached hydrogens (tertiary/aromatic N) is 1. The standard InChI is InChI=1S/C18H17NO3/c1-3-21-18(20)12(2)22-19-17-15-10-6-4-8-13(15)14-9-5-7-11-16(14)17/h4-12H,3H2,1-2H3. The minimum atomic E-state index is -0.729. The van der Waals surface area contributed by atoms with Crippen molar-refractivity contribution in [1.29, 1.82) is 0 Å². The lowest BCUT2D eigenvalue weighted by molar-refractivity contribution is -0.155. The van der Waals surface area contributed by atoms with Gasteiger partial charge in [0.2, 0.25) is 6.10 Å². The van der Waals surface area contributed by atoms with E-state index in [-0.39, 0.29) is 0 Å². The van der Waals surface area contributed by atoms with Gasteiger partial charge in [-0.15, -0.1) is 0 Å². The number of benzene rings is 2. The Morgan fingerprint density at radius 3 is 2.00 bits per heavy atom. The smallest absolute Gasteiger partial charge is 0.349 e. The van der Waals surface area contributed by atoms with E-state index >= 15 is 0 Å². The highest BCUT2D eigenvalue weighted by Crippen LogP contribution is 2.36. The molecule has 0 fully saturated rings. The van der Waals surface area contributed by atoms with Gasteiger partial charge in [-0.2, -0.15) is 0 Å². The fourth-order valence-corrected chi connectivity index (χ4v) is 2.53. The van der Waals surface area contributed by atoms with Crippen molar-refractivity contribution in [3.8, 4) is 11.1 Å². The molecule has 0 heterocycles. The number of fused-ring (bicyclic) bond motifs is 3. The molecule has 0 radical (unpaired) electrons. The first-order chi connectivity index (χ1) is 10.7. The van der Waals surface area contributed by atoms with Gasteiger partial charge in [0.1, 0.15) is 5.71 Å². The van der Waals surface area contributed by atoms with Gasteiger partial charge in [0.05, 0.1) is 6.61 Å². The molecule has 0 amide bonds. The van der Waals surface area contributed by atoms with Gasteiger partial charge in [0.25, 0.3) is 0 Å². The van der Waals surface area contributed by atoms with E-state index in [2.05, 4.69) is 17.3 Å². The van der Waals surface area contributed by atoms with E-state index in [0.29, 0.717) is 6.61 Å². The number of hydrogen-bond acceptors (Lipinski definition) is 4. The molecule has 1 aliphatic carbocycles. The van der Waals surface area contributed by atoms with Crippen LogP contribution in [0, 0.1) is 0 Å². The predicted octanol–water partition coefficient (Wildman–Crippen LogP) is 3.39. The number of rotatable bonds is 4. The second-order valence-corrected chi connectivity index (χ2v) is 5.03. The number of carbonyl (C=O) groups excluding carboxylic acids is 1. The minimum absolute atomic E-state index is 0.328. The molecule has 0 bridgehead atoms. The summed E-state index contributed by atoms with van der Waals surface area (Å²) in [7, 11) is 0. The van der Waals surface area contributed by atoms with E-state index in [4.69, 9.17) is 9.57 Å². The van der Waals surface area contributed by atoms with E-state index in [9.17, 15) is 4.79 Å². The first kappa shape index (κ1) is 14.3. The van der Waals surface area contributed by atoms with Gasteiger partial charge in [-0.3, -0.25) is 0 Å². The number of hydrogen-bond donors (Lipinski definition) is 0. The van der Waals surface area contributed by atoms with E-state index in [1.54, 1.807) is 13.8 Å². The number of esters is 1. The Balaban J connectivity index is 1.94. The normalized spacial score (nSPS) is 13.1. The van der Waals surface area contributed by atoms with Crippen molar-refractivity contribution >= 4 is 11.7 Å². The molecule has 0 saturated carbocycles. The molecular weight excluding hydrogens is 278 g/mol. The molecule has 3 rings (SSSR count). The average molecular weight is 295 g/mol. The Bertz CT molecular complexity index is 689. The average Bonchev–Trinajstić information content (AvgIpc) is 2.87. The fraction of sp³-hybridized carbons (Fsp3) is 0.222. The van der Waals surface area contributed by atoms with E-state index in [1.807, 2.05) is 36.4 Å². The topological polar surface area (TPSA) is 47.9 Å². The predicted molar refractivity (Wildman–Crippen MR) is 84.7 cm³/mol. The van der Waals surface area contributed by atoms with Crippen molar-refractivity contribution in [2.24, 2.45) is 5.16 Å². The molecule has 1 aliphatic rings. The van der Waals surface area contributed by atoms with Gasteiger partial charge in [0, 0.05) is 11.1 Å². The van der Waals surface area contributed by atoms with Crippen molar-refractivity contribution < 1.29 is 14.4 Å². The molecule has 1 atom stereocenters. The SMILES string of the molecule is CCOC(=O)C(C)ON=C1c2ccccc2-c2ccccc21. The second-order valence-electron chi connectivity index (χ2n) is 5.03. The fourth-order valence-electron chi connectivity index (χ4n) is 2.53. The lowest BCUT2D eigenvalue weighted by Crippen LogP contribution is -2.22. The Morgan fingerprint density at radius 1 is 1.00 bits per heavy atom. The molecular formula is C18H17NO3. The maximum absolute atomic E-state index is 11.6. The second kappa shape index (κ2) is 6.02. The number of ether oxygens (including phenoxy) is 1. The molecule has 2 aromatic rings. The zero-order valence-corrected chi connectivity index (χ0v) is 12.6. The molecule has 22 heavy (non-hydrogen) atoms. The van der Waals surface area contributed by atoms with Gasteiger partial charge in [-0.05, 0) is 25.0 Å². The first-order valence-electron chi connectivity index (χ1n) is 7.32. The van der Waals surface area contributed by atoms with Crippen molar-refractivity contribution in [3.63, 3.8) is 0 Å². The highest BCUT2D eigenvalue weighted by atomic mass is 16.7. The third-order valence-corrected chi connectivity index (χ3v) is 3.58. The van der Waals surface area contributed by atoms with Gasteiger partial charge < -0.3 is 9.57 Å². The molecule has 4 nitrogen and oxygen atoms in total. The molecule has 0 spiro atoms. The number of carbonyl (C=O) groups is 1. The maximum atomic E-state index is 11.6. The van der Waals surface area contributed by atoms with Crippen molar-refractivity contribution in [2.75, 3.05) is 6.61 Å². The van der Waals surface area contributed by atoms with Gasteiger partial charge in [-0.1, -0.05) is 53.7 Å². The van der Waals surface area contributed by atoms with Crippen LogP contribution >= 0.6 is 0 Å². The van der Waals surface area contributed by atoms with Gasteiger partial charge in [-0.25, -0.2) is 4.79 Å². The quantitative estimate of drug-likeness (QED) is 0.547. The van der Waals surface area contributed by atoms with E-state index in [0.717, 1.165) is 28.0 Å². The lowest BCUT2D eigenvalue weighted by Gasteiger charge is -2.09. The summed E-state index contributed by atoms with van der Waals surface area (Å²) in [6, 6.07) is 16.1. The summed E-state index contributed by atoms with van der Waals surface area (Å²) >= 11 is 0. The van der Waals surface area contributed by atoms with Crippen LogP contribution in [0.2, 0.25) is 0 Å². The van der Waals surface area contributed by atoms with Gasteiger partial charge >= 0.3 is 5.97 Å². The van der Waals surface area contributed by atoms with Crippen LogP contribution < -0.4 is 0 Å². The molecule has 0 N–H and O–H groups in total. The monoisotopic (exact) mass is 295 g/mol. The zero-order chi connectivity index (χ0) is 15.5. The Hall–Kier alpha value is -2.62. The molecule has 1 unspecified atom stereocenters. The maximum Gasteiger partial charge on any atom is 0.349 e.